The van der Waals surface area contributed by atoms with Gasteiger partial charge >= 0.3 is 0 Å². The van der Waals surface area contributed by atoms with E-state index in [1.165, 1.54) is 17.8 Å². The number of nitrogens with one attached hydrogen (secondary N) is 1. The van der Waals surface area contributed by atoms with Crippen molar-refractivity contribution in [3.8, 4) is 0 Å². The maximum absolute atomic E-state index is 4.59. The molecule has 1 aliphatic heterocycles. The third-order valence-electron chi connectivity index (χ3n) is 3.48. The molecule has 0 saturated carbocycles. The van der Waals surface area contributed by atoms with Crippen molar-refractivity contribution in [2.75, 3.05) is 18.9 Å². The van der Waals surface area contributed by atoms with Crippen LogP contribution in [0.1, 0.15) is 35.4 Å². The first-order chi connectivity index (χ1) is 9.61. The number of nitrogens with zero attached hydrogens (tertiary/aromatic N) is 5. The molecule has 2 aromatic heterocycles. The normalized spacial score (nSPS) is 19.4. The van der Waals surface area contributed by atoms with Crippen LogP contribution in [0, 0.1) is 13.8 Å². The lowest BCUT2D eigenvalue weighted by Gasteiger charge is -2.19. The summed E-state index contributed by atoms with van der Waals surface area (Å²) in [6.45, 7) is 4.99. The van der Waals surface area contributed by atoms with Gasteiger partial charge < -0.3 is 5.32 Å². The van der Waals surface area contributed by atoms with Gasteiger partial charge in [-0.05, 0) is 40.3 Å². The van der Waals surface area contributed by atoms with Crippen LogP contribution in [0.25, 0.3) is 0 Å². The molecular weight excluding hydrogens is 272 g/mol. The van der Waals surface area contributed by atoms with Crippen molar-refractivity contribution in [2.45, 2.75) is 32.7 Å². The Kier molecular flexibility index (Phi) is 3.62. The van der Waals surface area contributed by atoms with Crippen LogP contribution in [0.5, 0.6) is 0 Å². The van der Waals surface area contributed by atoms with Gasteiger partial charge in [0.2, 0.25) is 5.13 Å². The van der Waals surface area contributed by atoms with Crippen LogP contribution >= 0.6 is 11.3 Å². The third-order valence-corrected chi connectivity index (χ3v) is 4.23. The first-order valence-corrected chi connectivity index (χ1v) is 7.56. The molecule has 1 N–H and O–H groups in total. The molecular formula is C13H18N6S. The van der Waals surface area contributed by atoms with Crippen LogP contribution in [0.3, 0.4) is 0 Å². The van der Waals surface area contributed by atoms with Gasteiger partial charge in [-0.25, -0.2) is 9.97 Å². The highest BCUT2D eigenvalue weighted by atomic mass is 32.1. The molecule has 1 aliphatic rings. The minimum Gasteiger partial charge on any atom is -0.315 e. The highest BCUT2D eigenvalue weighted by molar-refractivity contribution is 7.15. The lowest BCUT2D eigenvalue weighted by atomic mass is 10.1. The molecule has 0 aromatic carbocycles. The van der Waals surface area contributed by atoms with Gasteiger partial charge in [-0.15, -0.1) is 10.2 Å². The average Bonchev–Trinajstić information content (AvgIpc) is 2.97. The van der Waals surface area contributed by atoms with E-state index < -0.39 is 0 Å². The number of rotatable bonds is 3. The highest BCUT2D eigenvalue weighted by Gasteiger charge is 2.24. The van der Waals surface area contributed by atoms with Gasteiger partial charge in [0.15, 0.2) is 0 Å². The first-order valence-electron chi connectivity index (χ1n) is 6.75. The van der Waals surface area contributed by atoms with Crippen LogP contribution in [-0.2, 0) is 0 Å². The summed E-state index contributed by atoms with van der Waals surface area (Å²) in [5.74, 6) is 1.58. The molecule has 2 aromatic rings. The Morgan fingerprint density at radius 2 is 2.15 bits per heavy atom. The number of hydrogen-bond acceptors (Lipinski definition) is 7. The maximum atomic E-state index is 4.59. The van der Waals surface area contributed by atoms with Crippen LogP contribution < -0.4 is 5.32 Å². The van der Waals surface area contributed by atoms with Gasteiger partial charge in [0, 0.05) is 6.07 Å². The van der Waals surface area contributed by atoms with E-state index in [1.807, 2.05) is 19.9 Å². The van der Waals surface area contributed by atoms with E-state index in [0.29, 0.717) is 6.04 Å². The summed E-state index contributed by atoms with van der Waals surface area (Å²) >= 11 is 1.52. The van der Waals surface area contributed by atoms with E-state index in [4.69, 9.17) is 0 Å². The molecule has 1 atom stereocenters. The van der Waals surface area contributed by atoms with Gasteiger partial charge in [0.25, 0.3) is 0 Å². The van der Waals surface area contributed by atoms with E-state index in [-0.39, 0.29) is 0 Å². The zero-order valence-corrected chi connectivity index (χ0v) is 12.7. The molecule has 0 spiro atoms. The van der Waals surface area contributed by atoms with Crippen LogP contribution in [0.2, 0.25) is 0 Å². The third kappa shape index (κ3) is 2.78. The fraction of sp³-hybridized carbons (Fsp3) is 0.538. The summed E-state index contributed by atoms with van der Waals surface area (Å²) < 4.78 is 0. The summed E-state index contributed by atoms with van der Waals surface area (Å²) in [5.41, 5.74) is 1.08. The predicted octanol–water partition coefficient (Wildman–Crippen LogP) is 2.46. The molecule has 1 saturated heterocycles. The number of anilines is 2. The van der Waals surface area contributed by atoms with Gasteiger partial charge in [-0.1, -0.05) is 11.3 Å². The second-order valence-electron chi connectivity index (χ2n) is 5.12. The monoisotopic (exact) mass is 290 g/mol. The number of hydrogen-bond donors (Lipinski definition) is 1. The van der Waals surface area contributed by atoms with Gasteiger partial charge in [0.05, 0.1) is 11.7 Å². The van der Waals surface area contributed by atoms with Gasteiger partial charge in [-0.3, -0.25) is 4.90 Å². The Hall–Kier alpha value is -1.60. The average molecular weight is 290 g/mol. The fourth-order valence-electron chi connectivity index (χ4n) is 2.57. The topological polar surface area (TPSA) is 66.8 Å². The Morgan fingerprint density at radius 1 is 1.30 bits per heavy atom. The number of aromatic nitrogens is 4. The summed E-state index contributed by atoms with van der Waals surface area (Å²) in [6.07, 6.45) is 2.38. The molecule has 0 bridgehead atoms. The molecule has 3 heterocycles. The fourth-order valence-corrected chi connectivity index (χ4v) is 3.16. The van der Waals surface area contributed by atoms with Gasteiger partial charge in [0.1, 0.15) is 16.6 Å². The Balaban J connectivity index is 1.86. The molecule has 6 nitrogen and oxygen atoms in total. The molecule has 106 valence electrons. The smallest absolute Gasteiger partial charge is 0.211 e. The van der Waals surface area contributed by atoms with E-state index in [0.717, 1.165) is 40.4 Å². The number of likely N-dealkylation sites (tertiary alicyclic amines) is 1. The van der Waals surface area contributed by atoms with Gasteiger partial charge in [-0.2, -0.15) is 0 Å². The van der Waals surface area contributed by atoms with E-state index in [9.17, 15) is 0 Å². The number of aryl methyl sites for hydroxylation is 2. The minimum atomic E-state index is 0.397. The Bertz CT molecular complexity index is 611. The maximum Gasteiger partial charge on any atom is 0.211 e. The van der Waals surface area contributed by atoms with Crippen molar-refractivity contribution in [1.82, 2.24) is 25.1 Å². The quantitative estimate of drug-likeness (QED) is 0.936. The van der Waals surface area contributed by atoms with Crippen LogP contribution in [0.15, 0.2) is 6.07 Å². The second kappa shape index (κ2) is 5.41. The molecule has 0 radical (unpaired) electrons. The van der Waals surface area contributed by atoms with E-state index in [1.54, 1.807) is 0 Å². The molecule has 7 heteroatoms. The minimum absolute atomic E-state index is 0.397. The molecule has 0 unspecified atom stereocenters. The summed E-state index contributed by atoms with van der Waals surface area (Å²) in [5, 5.41) is 13.0. The predicted molar refractivity (Wildman–Crippen MR) is 79.3 cm³/mol. The Morgan fingerprint density at radius 3 is 2.80 bits per heavy atom. The van der Waals surface area contributed by atoms with Crippen molar-refractivity contribution >= 4 is 22.3 Å². The van der Waals surface area contributed by atoms with Crippen LogP contribution in [-0.4, -0.2) is 38.7 Å². The summed E-state index contributed by atoms with van der Waals surface area (Å²) in [6, 6.07) is 2.42. The molecule has 0 amide bonds. The SMILES string of the molecule is Cc1nc(Nc2nnc(C)s2)cc([C@H]2CCCN2C)n1. The van der Waals surface area contributed by atoms with Crippen molar-refractivity contribution < 1.29 is 0 Å². The lowest BCUT2D eigenvalue weighted by Crippen LogP contribution is -2.19. The van der Waals surface area contributed by atoms with E-state index >= 15 is 0 Å². The Labute approximate surface area is 122 Å². The highest BCUT2D eigenvalue weighted by Crippen LogP contribution is 2.30. The van der Waals surface area contributed by atoms with Crippen LogP contribution in [0.4, 0.5) is 10.9 Å². The van der Waals surface area contributed by atoms with Crippen molar-refractivity contribution in [3.63, 3.8) is 0 Å². The zero-order valence-electron chi connectivity index (χ0n) is 11.9. The van der Waals surface area contributed by atoms with Crippen molar-refractivity contribution in [3.05, 3.63) is 22.6 Å². The van der Waals surface area contributed by atoms with Crippen molar-refractivity contribution in [1.29, 1.82) is 0 Å². The van der Waals surface area contributed by atoms with Crippen molar-refractivity contribution in [2.24, 2.45) is 0 Å². The largest absolute Gasteiger partial charge is 0.315 e. The first kappa shape index (κ1) is 13.4. The molecule has 0 aliphatic carbocycles. The molecule has 1 fully saturated rings. The second-order valence-corrected chi connectivity index (χ2v) is 6.30. The summed E-state index contributed by atoms with van der Waals surface area (Å²) in [7, 11) is 2.15. The summed E-state index contributed by atoms with van der Waals surface area (Å²) in [4.78, 5) is 11.4. The lowest BCUT2D eigenvalue weighted by molar-refractivity contribution is 0.311. The standard InChI is InChI=1S/C13H18N6S/c1-8-14-10(11-5-4-6-19(11)3)7-12(15-8)16-13-18-17-9(2)20-13/h7,11H,4-6H2,1-3H3,(H,14,15,16,18)/t11-/m1/s1. The molecule has 20 heavy (non-hydrogen) atoms. The zero-order chi connectivity index (χ0) is 14.1. The molecule has 3 rings (SSSR count). The van der Waals surface area contributed by atoms with E-state index in [2.05, 4.69) is 37.4 Å².